The van der Waals surface area contributed by atoms with Crippen LogP contribution in [0.4, 0.5) is 5.69 Å². The number of piperazine rings is 1. The van der Waals surface area contributed by atoms with Crippen molar-refractivity contribution in [2.24, 2.45) is 0 Å². The normalized spacial score (nSPS) is 15.3. The number of nitrogens with one attached hydrogen (secondary N) is 2. The van der Waals surface area contributed by atoms with Gasteiger partial charge in [-0.3, -0.25) is 9.52 Å². The molecule has 2 aromatic rings. The summed E-state index contributed by atoms with van der Waals surface area (Å²) in [5.41, 5.74) is 0.650. The average molecular weight is 461 g/mol. The second-order valence-corrected chi connectivity index (χ2v) is 9.62. The highest BCUT2D eigenvalue weighted by molar-refractivity contribution is 7.92. The van der Waals surface area contributed by atoms with E-state index in [9.17, 15) is 13.2 Å². The first-order chi connectivity index (χ1) is 15.4. The molecular formula is C23H32N4O4S. The molecular weight excluding hydrogens is 428 g/mol. The molecule has 0 aliphatic carbocycles. The molecule has 174 valence electrons. The van der Waals surface area contributed by atoms with Crippen molar-refractivity contribution in [3.05, 3.63) is 54.1 Å². The lowest BCUT2D eigenvalue weighted by Crippen LogP contribution is -2.44. The van der Waals surface area contributed by atoms with E-state index in [0.29, 0.717) is 23.5 Å². The molecule has 0 unspecified atom stereocenters. The predicted octanol–water partition coefficient (Wildman–Crippen LogP) is 2.25. The Morgan fingerprint density at radius 2 is 1.78 bits per heavy atom. The summed E-state index contributed by atoms with van der Waals surface area (Å²) in [4.78, 5) is 17.3. The SMILES string of the molecule is COc1ccccc1NS(=O)(=O)c1cccc(C(=O)NCCCCN2CCN(C)CC2)c1. The number of carbonyl (C=O) groups is 1. The molecule has 1 saturated heterocycles. The average Bonchev–Trinajstić information content (AvgIpc) is 2.80. The van der Waals surface area contributed by atoms with Crippen LogP contribution in [0.1, 0.15) is 23.2 Å². The third-order valence-electron chi connectivity index (χ3n) is 5.54. The summed E-state index contributed by atoms with van der Waals surface area (Å²) in [6.45, 7) is 5.97. The number of rotatable bonds is 10. The zero-order valence-corrected chi connectivity index (χ0v) is 19.5. The largest absolute Gasteiger partial charge is 0.495 e. The topological polar surface area (TPSA) is 91.0 Å². The summed E-state index contributed by atoms with van der Waals surface area (Å²) < 4.78 is 33.3. The number of anilines is 1. The van der Waals surface area contributed by atoms with Crippen LogP contribution in [0, 0.1) is 0 Å². The molecule has 1 amide bonds. The van der Waals surface area contributed by atoms with Gasteiger partial charge in [-0.05, 0) is 56.8 Å². The molecule has 0 radical (unpaired) electrons. The summed E-state index contributed by atoms with van der Waals surface area (Å²) in [6.07, 6.45) is 1.90. The van der Waals surface area contributed by atoms with Gasteiger partial charge in [-0.15, -0.1) is 0 Å². The Kier molecular flexibility index (Phi) is 8.49. The van der Waals surface area contributed by atoms with Crippen molar-refractivity contribution in [2.45, 2.75) is 17.7 Å². The van der Waals surface area contributed by atoms with Gasteiger partial charge in [0, 0.05) is 38.3 Å². The monoisotopic (exact) mass is 460 g/mol. The fourth-order valence-electron chi connectivity index (χ4n) is 3.57. The fraction of sp³-hybridized carbons (Fsp3) is 0.435. The van der Waals surface area contributed by atoms with Crippen LogP contribution in [-0.4, -0.2) is 77.6 Å². The standard InChI is InChI=1S/C23H32N4O4S/c1-26-14-16-27(17-15-26)13-6-5-12-24-23(28)19-8-7-9-20(18-19)32(29,30)25-21-10-3-4-11-22(21)31-2/h3-4,7-11,18,25H,5-6,12-17H2,1-2H3,(H,24,28). The molecule has 1 aliphatic rings. The lowest BCUT2D eigenvalue weighted by Gasteiger charge is -2.32. The molecule has 2 N–H and O–H groups in total. The summed E-state index contributed by atoms with van der Waals surface area (Å²) in [5, 5.41) is 2.89. The van der Waals surface area contributed by atoms with Gasteiger partial charge in [-0.25, -0.2) is 8.42 Å². The Labute approximate surface area is 190 Å². The molecule has 9 heteroatoms. The lowest BCUT2D eigenvalue weighted by molar-refractivity contribution is 0.0951. The Morgan fingerprint density at radius 1 is 1.03 bits per heavy atom. The molecule has 1 aliphatic heterocycles. The lowest BCUT2D eigenvalue weighted by atomic mass is 10.2. The van der Waals surface area contributed by atoms with E-state index in [1.165, 1.54) is 19.2 Å². The van der Waals surface area contributed by atoms with E-state index < -0.39 is 10.0 Å². The number of sulfonamides is 1. The number of likely N-dealkylation sites (N-methyl/N-ethyl adjacent to an activating group) is 1. The Bertz CT molecular complexity index is 1000. The van der Waals surface area contributed by atoms with Gasteiger partial charge in [-0.2, -0.15) is 0 Å². The van der Waals surface area contributed by atoms with Crippen LogP contribution in [-0.2, 0) is 10.0 Å². The molecule has 1 heterocycles. The number of methoxy groups -OCH3 is 1. The molecule has 0 aromatic heterocycles. The van der Waals surface area contributed by atoms with Gasteiger partial charge >= 0.3 is 0 Å². The van der Waals surface area contributed by atoms with Gasteiger partial charge in [0.15, 0.2) is 0 Å². The number of benzene rings is 2. The first-order valence-electron chi connectivity index (χ1n) is 10.8. The summed E-state index contributed by atoms with van der Waals surface area (Å²) >= 11 is 0. The maximum atomic E-state index is 12.8. The maximum Gasteiger partial charge on any atom is 0.262 e. The summed E-state index contributed by atoms with van der Waals surface area (Å²) in [5.74, 6) is 0.139. The number of amides is 1. The maximum absolute atomic E-state index is 12.8. The third-order valence-corrected chi connectivity index (χ3v) is 6.90. The van der Waals surface area contributed by atoms with E-state index in [1.54, 1.807) is 36.4 Å². The molecule has 0 saturated carbocycles. The minimum absolute atomic E-state index is 0.0196. The van der Waals surface area contributed by atoms with E-state index >= 15 is 0 Å². The summed E-state index contributed by atoms with van der Waals surface area (Å²) in [7, 11) is -0.250. The Morgan fingerprint density at radius 3 is 2.53 bits per heavy atom. The number of nitrogens with zero attached hydrogens (tertiary/aromatic N) is 2. The first kappa shape index (κ1) is 24.0. The minimum Gasteiger partial charge on any atom is -0.495 e. The molecule has 2 aromatic carbocycles. The molecule has 1 fully saturated rings. The number of hydrogen-bond acceptors (Lipinski definition) is 6. The van der Waals surface area contributed by atoms with Crippen LogP contribution in [0.15, 0.2) is 53.4 Å². The van der Waals surface area contributed by atoms with Crippen molar-refractivity contribution < 1.29 is 17.9 Å². The Hall–Kier alpha value is -2.62. The molecule has 0 bridgehead atoms. The minimum atomic E-state index is -3.87. The van der Waals surface area contributed by atoms with Crippen molar-refractivity contribution in [3.8, 4) is 5.75 Å². The quantitative estimate of drug-likeness (QED) is 0.529. The van der Waals surface area contributed by atoms with Crippen molar-refractivity contribution in [1.29, 1.82) is 0 Å². The zero-order chi connectivity index (χ0) is 23.0. The van der Waals surface area contributed by atoms with Crippen molar-refractivity contribution in [1.82, 2.24) is 15.1 Å². The van der Waals surface area contributed by atoms with Crippen molar-refractivity contribution in [3.63, 3.8) is 0 Å². The van der Waals surface area contributed by atoms with E-state index in [4.69, 9.17) is 4.74 Å². The number of unbranched alkanes of at least 4 members (excludes halogenated alkanes) is 1. The van der Waals surface area contributed by atoms with E-state index in [1.807, 2.05) is 0 Å². The van der Waals surface area contributed by atoms with Crippen LogP contribution < -0.4 is 14.8 Å². The van der Waals surface area contributed by atoms with E-state index in [2.05, 4.69) is 26.9 Å². The highest BCUT2D eigenvalue weighted by atomic mass is 32.2. The second-order valence-electron chi connectivity index (χ2n) is 7.94. The van der Waals surface area contributed by atoms with E-state index in [-0.39, 0.29) is 10.8 Å². The predicted molar refractivity (Wildman–Crippen MR) is 126 cm³/mol. The van der Waals surface area contributed by atoms with Gasteiger partial charge in [-0.1, -0.05) is 18.2 Å². The molecule has 0 atom stereocenters. The van der Waals surface area contributed by atoms with E-state index in [0.717, 1.165) is 45.6 Å². The van der Waals surface area contributed by atoms with Gasteiger partial charge < -0.3 is 19.9 Å². The molecule has 3 rings (SSSR count). The van der Waals surface area contributed by atoms with Crippen molar-refractivity contribution in [2.75, 3.05) is 58.1 Å². The van der Waals surface area contributed by atoms with Crippen LogP contribution >= 0.6 is 0 Å². The molecule has 0 spiro atoms. The van der Waals surface area contributed by atoms with Gasteiger partial charge in [0.25, 0.3) is 15.9 Å². The molecule has 32 heavy (non-hydrogen) atoms. The van der Waals surface area contributed by atoms with Crippen LogP contribution in [0.2, 0.25) is 0 Å². The van der Waals surface area contributed by atoms with Crippen LogP contribution in [0.25, 0.3) is 0 Å². The summed E-state index contributed by atoms with van der Waals surface area (Å²) in [6, 6.07) is 12.8. The number of para-hydroxylation sites is 2. The third kappa shape index (κ3) is 6.69. The Balaban J connectivity index is 1.51. The van der Waals surface area contributed by atoms with Crippen molar-refractivity contribution >= 4 is 21.6 Å². The van der Waals surface area contributed by atoms with Gasteiger partial charge in [0.05, 0.1) is 17.7 Å². The number of carbonyl (C=O) groups excluding carboxylic acids is 1. The van der Waals surface area contributed by atoms with Crippen LogP contribution in [0.3, 0.4) is 0 Å². The number of hydrogen-bond donors (Lipinski definition) is 2. The molecule has 8 nitrogen and oxygen atoms in total. The number of ether oxygens (including phenoxy) is 1. The highest BCUT2D eigenvalue weighted by Gasteiger charge is 2.18. The van der Waals surface area contributed by atoms with Gasteiger partial charge in [0.2, 0.25) is 0 Å². The smallest absolute Gasteiger partial charge is 0.262 e. The van der Waals surface area contributed by atoms with Gasteiger partial charge in [0.1, 0.15) is 5.75 Å². The fourth-order valence-corrected chi connectivity index (χ4v) is 4.69. The first-order valence-corrected chi connectivity index (χ1v) is 12.3. The second kappa shape index (κ2) is 11.3. The zero-order valence-electron chi connectivity index (χ0n) is 18.7. The van der Waals surface area contributed by atoms with Crippen LogP contribution in [0.5, 0.6) is 5.75 Å². The highest BCUT2D eigenvalue weighted by Crippen LogP contribution is 2.26.